The third-order valence-electron chi connectivity index (χ3n) is 5.36. The maximum atomic E-state index is 12.5. The molecule has 4 nitrogen and oxygen atoms in total. The van der Waals surface area contributed by atoms with Gasteiger partial charge in [-0.05, 0) is 29.4 Å². The Labute approximate surface area is 137 Å². The van der Waals surface area contributed by atoms with Crippen LogP contribution in [0.1, 0.15) is 37.8 Å². The number of likely N-dealkylation sites (N-methyl/N-ethyl adjacent to an activating group) is 1. The van der Waals surface area contributed by atoms with E-state index in [9.17, 15) is 4.79 Å². The molecule has 0 spiro atoms. The highest BCUT2D eigenvalue weighted by atomic mass is 16.2. The number of hydrogen-bond donors (Lipinski definition) is 1. The fraction of sp³-hybridized carbons (Fsp3) is 0.474. The summed E-state index contributed by atoms with van der Waals surface area (Å²) in [6.07, 6.45) is 6.03. The van der Waals surface area contributed by atoms with Gasteiger partial charge in [-0.1, -0.05) is 44.2 Å². The molecule has 0 saturated heterocycles. The van der Waals surface area contributed by atoms with E-state index in [-0.39, 0.29) is 16.7 Å². The number of rotatable bonds is 6. The van der Waals surface area contributed by atoms with Crippen molar-refractivity contribution in [2.24, 2.45) is 5.41 Å². The standard InChI is InChI=1S/C19H25N3O/c1-18(2)13-19(18,16-7-5-4-6-8-16)14-22(3)17(23)10-9-15-11-20-21-12-15/h4-8,11-12H,9-10,13-14H2,1-3H3,(H,20,21). The van der Waals surface area contributed by atoms with Crippen molar-refractivity contribution in [3.63, 3.8) is 0 Å². The summed E-state index contributed by atoms with van der Waals surface area (Å²) in [7, 11) is 1.93. The number of hydrogen-bond acceptors (Lipinski definition) is 2. The Bertz CT molecular complexity index is 663. The molecule has 0 bridgehead atoms. The van der Waals surface area contributed by atoms with Crippen molar-refractivity contribution in [3.8, 4) is 0 Å². The molecule has 3 rings (SSSR count). The Morgan fingerprint density at radius 3 is 2.57 bits per heavy atom. The van der Waals surface area contributed by atoms with E-state index >= 15 is 0 Å². The molecule has 1 aromatic carbocycles. The number of carbonyl (C=O) groups is 1. The molecule has 4 heteroatoms. The maximum absolute atomic E-state index is 12.5. The lowest BCUT2D eigenvalue weighted by atomic mass is 9.87. The first-order valence-corrected chi connectivity index (χ1v) is 8.22. The first-order chi connectivity index (χ1) is 10.9. The minimum atomic E-state index is 0.0916. The quantitative estimate of drug-likeness (QED) is 0.891. The second kappa shape index (κ2) is 5.84. The average Bonchev–Trinajstić information content (AvgIpc) is 2.92. The first-order valence-electron chi connectivity index (χ1n) is 8.22. The van der Waals surface area contributed by atoms with Gasteiger partial charge >= 0.3 is 0 Å². The van der Waals surface area contributed by atoms with Gasteiger partial charge in [0, 0.05) is 31.6 Å². The van der Waals surface area contributed by atoms with Gasteiger partial charge < -0.3 is 4.90 Å². The van der Waals surface area contributed by atoms with Crippen LogP contribution in [0.3, 0.4) is 0 Å². The van der Waals surface area contributed by atoms with Crippen molar-refractivity contribution in [1.82, 2.24) is 15.1 Å². The van der Waals surface area contributed by atoms with E-state index in [0.29, 0.717) is 6.42 Å². The van der Waals surface area contributed by atoms with Crippen molar-refractivity contribution in [2.75, 3.05) is 13.6 Å². The molecule has 2 aromatic rings. The number of amides is 1. The van der Waals surface area contributed by atoms with E-state index in [4.69, 9.17) is 0 Å². The molecule has 1 N–H and O–H groups in total. The van der Waals surface area contributed by atoms with E-state index in [1.807, 2.05) is 24.2 Å². The summed E-state index contributed by atoms with van der Waals surface area (Å²) in [5.41, 5.74) is 2.76. The van der Waals surface area contributed by atoms with Crippen LogP contribution in [0.5, 0.6) is 0 Å². The minimum Gasteiger partial charge on any atom is -0.345 e. The van der Waals surface area contributed by atoms with Gasteiger partial charge in [0.05, 0.1) is 6.20 Å². The molecule has 1 aliphatic rings. The summed E-state index contributed by atoms with van der Waals surface area (Å²) in [6.45, 7) is 5.38. The zero-order chi connectivity index (χ0) is 16.5. The number of aromatic nitrogens is 2. The van der Waals surface area contributed by atoms with Gasteiger partial charge in [0.25, 0.3) is 0 Å². The Morgan fingerprint density at radius 2 is 2.00 bits per heavy atom. The van der Waals surface area contributed by atoms with Crippen LogP contribution in [0.25, 0.3) is 0 Å². The Morgan fingerprint density at radius 1 is 1.30 bits per heavy atom. The predicted molar refractivity (Wildman–Crippen MR) is 91.1 cm³/mol. The largest absolute Gasteiger partial charge is 0.345 e. The number of nitrogens with zero attached hydrogens (tertiary/aromatic N) is 2. The van der Waals surface area contributed by atoms with E-state index in [2.05, 4.69) is 48.3 Å². The van der Waals surface area contributed by atoms with Gasteiger partial charge in [-0.3, -0.25) is 9.89 Å². The monoisotopic (exact) mass is 311 g/mol. The molecule has 1 saturated carbocycles. The molecule has 1 fully saturated rings. The molecule has 1 unspecified atom stereocenters. The second-order valence-corrected chi connectivity index (χ2v) is 7.37. The summed E-state index contributed by atoms with van der Waals surface area (Å²) in [4.78, 5) is 14.4. The lowest BCUT2D eigenvalue weighted by molar-refractivity contribution is -0.130. The Kier molecular flexibility index (Phi) is 4.00. The highest BCUT2D eigenvalue weighted by Crippen LogP contribution is 2.64. The summed E-state index contributed by atoms with van der Waals surface area (Å²) >= 11 is 0. The van der Waals surface area contributed by atoms with E-state index < -0.39 is 0 Å². The number of aromatic amines is 1. The fourth-order valence-electron chi connectivity index (χ4n) is 3.67. The predicted octanol–water partition coefficient (Wildman–Crippen LogP) is 3.17. The number of benzene rings is 1. The molecule has 1 heterocycles. The van der Waals surface area contributed by atoms with Crippen molar-refractivity contribution in [2.45, 2.75) is 38.5 Å². The van der Waals surface area contributed by atoms with Crippen LogP contribution in [-0.2, 0) is 16.6 Å². The molecule has 122 valence electrons. The molecule has 1 aliphatic carbocycles. The second-order valence-electron chi connectivity index (χ2n) is 7.37. The van der Waals surface area contributed by atoms with Crippen LogP contribution < -0.4 is 0 Å². The number of aryl methyl sites for hydroxylation is 1. The van der Waals surface area contributed by atoms with Gasteiger partial charge in [-0.15, -0.1) is 0 Å². The highest BCUT2D eigenvalue weighted by molar-refractivity contribution is 5.76. The lowest BCUT2D eigenvalue weighted by Crippen LogP contribution is -2.36. The lowest BCUT2D eigenvalue weighted by Gasteiger charge is -2.28. The molecule has 0 radical (unpaired) electrons. The molecule has 23 heavy (non-hydrogen) atoms. The zero-order valence-corrected chi connectivity index (χ0v) is 14.2. The number of H-pyrrole nitrogens is 1. The van der Waals surface area contributed by atoms with Crippen LogP contribution >= 0.6 is 0 Å². The van der Waals surface area contributed by atoms with Crippen LogP contribution in [-0.4, -0.2) is 34.6 Å². The Balaban J connectivity index is 1.66. The van der Waals surface area contributed by atoms with E-state index in [1.165, 1.54) is 5.56 Å². The minimum absolute atomic E-state index is 0.0916. The summed E-state index contributed by atoms with van der Waals surface area (Å²) < 4.78 is 0. The fourth-order valence-corrected chi connectivity index (χ4v) is 3.67. The topological polar surface area (TPSA) is 49.0 Å². The molecule has 0 aliphatic heterocycles. The van der Waals surface area contributed by atoms with Crippen molar-refractivity contribution < 1.29 is 4.79 Å². The smallest absolute Gasteiger partial charge is 0.222 e. The van der Waals surface area contributed by atoms with Gasteiger partial charge in [-0.2, -0.15) is 5.10 Å². The molecule has 1 aromatic heterocycles. The SMILES string of the molecule is CN(CC1(c2ccccc2)CC1(C)C)C(=O)CCc1cn[nH]c1. The number of nitrogens with one attached hydrogen (secondary N) is 1. The summed E-state index contributed by atoms with van der Waals surface area (Å²) in [6, 6.07) is 10.6. The molecular formula is C19H25N3O. The van der Waals surface area contributed by atoms with Crippen molar-refractivity contribution in [1.29, 1.82) is 0 Å². The van der Waals surface area contributed by atoms with E-state index in [1.54, 1.807) is 6.20 Å². The van der Waals surface area contributed by atoms with Gasteiger partial charge in [-0.25, -0.2) is 0 Å². The third-order valence-corrected chi connectivity index (χ3v) is 5.36. The normalized spacial score (nSPS) is 21.9. The van der Waals surface area contributed by atoms with Crippen molar-refractivity contribution in [3.05, 3.63) is 53.9 Å². The summed E-state index contributed by atoms with van der Waals surface area (Å²) in [5, 5.41) is 6.71. The highest BCUT2D eigenvalue weighted by Gasteiger charge is 2.62. The van der Waals surface area contributed by atoms with Crippen LogP contribution in [0.2, 0.25) is 0 Å². The van der Waals surface area contributed by atoms with Gasteiger partial charge in [0.15, 0.2) is 0 Å². The van der Waals surface area contributed by atoms with E-state index in [0.717, 1.165) is 24.9 Å². The number of carbonyl (C=O) groups excluding carboxylic acids is 1. The first kappa shape index (κ1) is 15.8. The van der Waals surface area contributed by atoms with Gasteiger partial charge in [0.1, 0.15) is 0 Å². The molecular weight excluding hydrogens is 286 g/mol. The molecule has 1 atom stereocenters. The van der Waals surface area contributed by atoms with Gasteiger partial charge in [0.2, 0.25) is 5.91 Å². The van der Waals surface area contributed by atoms with Crippen LogP contribution in [0.15, 0.2) is 42.7 Å². The zero-order valence-electron chi connectivity index (χ0n) is 14.2. The Hall–Kier alpha value is -2.10. The van der Waals surface area contributed by atoms with Crippen LogP contribution in [0.4, 0.5) is 0 Å². The summed E-state index contributed by atoms with van der Waals surface area (Å²) in [5.74, 6) is 0.198. The van der Waals surface area contributed by atoms with Crippen molar-refractivity contribution >= 4 is 5.91 Å². The average molecular weight is 311 g/mol. The third kappa shape index (κ3) is 3.03. The molecule has 1 amide bonds. The maximum Gasteiger partial charge on any atom is 0.222 e. The van der Waals surface area contributed by atoms with Crippen LogP contribution in [0, 0.1) is 5.41 Å².